The summed E-state index contributed by atoms with van der Waals surface area (Å²) in [7, 11) is 1.61. The van der Waals surface area contributed by atoms with Crippen LogP contribution >= 0.6 is 0 Å². The van der Waals surface area contributed by atoms with E-state index in [0.717, 1.165) is 23.7 Å². The molecule has 1 saturated heterocycles. The van der Waals surface area contributed by atoms with Crippen LogP contribution in [0.4, 0.5) is 5.69 Å². The number of nitrogens with one attached hydrogen (secondary N) is 2. The third-order valence-electron chi connectivity index (χ3n) is 4.71. The van der Waals surface area contributed by atoms with Crippen LogP contribution in [0.5, 0.6) is 0 Å². The summed E-state index contributed by atoms with van der Waals surface area (Å²) in [5.74, 6) is -0.112. The van der Waals surface area contributed by atoms with E-state index < -0.39 is 6.04 Å². The van der Waals surface area contributed by atoms with E-state index in [9.17, 15) is 9.59 Å². The van der Waals surface area contributed by atoms with E-state index in [1.165, 1.54) is 0 Å². The molecular formula is C18H24N4O3. The van der Waals surface area contributed by atoms with Crippen molar-refractivity contribution in [2.75, 3.05) is 25.6 Å². The maximum absolute atomic E-state index is 12.4. The third kappa shape index (κ3) is 4.00. The lowest BCUT2D eigenvalue weighted by atomic mass is 9.92. The molecule has 1 fully saturated rings. The van der Waals surface area contributed by atoms with Crippen LogP contribution in [0.1, 0.15) is 12.8 Å². The Balaban J connectivity index is 1.73. The van der Waals surface area contributed by atoms with Gasteiger partial charge >= 0.3 is 0 Å². The monoisotopic (exact) mass is 344 g/mol. The minimum atomic E-state index is -0.544. The van der Waals surface area contributed by atoms with Gasteiger partial charge in [-0.3, -0.25) is 9.59 Å². The summed E-state index contributed by atoms with van der Waals surface area (Å²) in [4.78, 5) is 24.1. The van der Waals surface area contributed by atoms with Crippen LogP contribution in [0.2, 0.25) is 0 Å². The number of carbonyl (C=O) groups excluding carboxylic acids is 2. The van der Waals surface area contributed by atoms with Gasteiger partial charge in [0.1, 0.15) is 6.54 Å². The molecule has 0 bridgehead atoms. The Bertz CT molecular complexity index is 765. The molecule has 0 spiro atoms. The highest BCUT2D eigenvalue weighted by Gasteiger charge is 2.26. The number of benzene rings is 1. The first-order valence-electron chi connectivity index (χ1n) is 8.52. The maximum atomic E-state index is 12.4. The number of hydrogen-bond donors (Lipinski definition) is 3. The average Bonchev–Trinajstić information content (AvgIpc) is 3.03. The van der Waals surface area contributed by atoms with Crippen molar-refractivity contribution in [3.8, 4) is 0 Å². The van der Waals surface area contributed by atoms with Crippen molar-refractivity contribution < 1.29 is 14.3 Å². The number of nitrogens with two attached hydrogens (primary N) is 1. The molecular weight excluding hydrogens is 320 g/mol. The highest BCUT2D eigenvalue weighted by atomic mass is 16.5. The summed E-state index contributed by atoms with van der Waals surface area (Å²) in [6, 6.07) is 7.04. The van der Waals surface area contributed by atoms with Gasteiger partial charge in [-0.15, -0.1) is 0 Å². The standard InChI is InChI=1S/C18H24N4O3/c1-20-16(23)11-22-7-4-12-2-3-14(10-15(12)22)21-18(24)17(19)13-5-8-25-9-6-13/h2-4,7,10,13,17H,5-6,8-9,11,19H2,1H3,(H,20,23)(H,21,24). The number of nitrogens with zero attached hydrogens (tertiary/aromatic N) is 1. The van der Waals surface area contributed by atoms with Crippen molar-refractivity contribution in [3.63, 3.8) is 0 Å². The first-order valence-corrected chi connectivity index (χ1v) is 8.52. The number of hydrogen-bond acceptors (Lipinski definition) is 4. The number of rotatable bonds is 5. The zero-order valence-corrected chi connectivity index (χ0v) is 14.3. The van der Waals surface area contributed by atoms with Gasteiger partial charge in [0.15, 0.2) is 0 Å². The lowest BCUT2D eigenvalue weighted by Crippen LogP contribution is -2.44. The topological polar surface area (TPSA) is 98.4 Å². The molecule has 2 heterocycles. The minimum absolute atomic E-state index is 0.0755. The number of amides is 2. The Kier molecular flexibility index (Phi) is 5.35. The fraction of sp³-hybridized carbons (Fsp3) is 0.444. The van der Waals surface area contributed by atoms with Gasteiger partial charge in [-0.1, -0.05) is 6.07 Å². The summed E-state index contributed by atoms with van der Waals surface area (Å²) >= 11 is 0. The van der Waals surface area contributed by atoms with E-state index in [2.05, 4.69) is 10.6 Å². The third-order valence-corrected chi connectivity index (χ3v) is 4.71. The van der Waals surface area contributed by atoms with Crippen LogP contribution in [0.3, 0.4) is 0 Å². The Morgan fingerprint density at radius 1 is 1.32 bits per heavy atom. The van der Waals surface area contributed by atoms with Gasteiger partial charge in [-0.05, 0) is 42.3 Å². The van der Waals surface area contributed by atoms with E-state index in [-0.39, 0.29) is 24.3 Å². The highest BCUT2D eigenvalue weighted by molar-refractivity contribution is 5.97. The van der Waals surface area contributed by atoms with Crippen molar-refractivity contribution >= 4 is 28.4 Å². The second-order valence-electron chi connectivity index (χ2n) is 6.36. The van der Waals surface area contributed by atoms with E-state index in [0.29, 0.717) is 18.9 Å². The molecule has 7 nitrogen and oxygen atoms in total. The van der Waals surface area contributed by atoms with Gasteiger partial charge in [-0.2, -0.15) is 0 Å². The zero-order chi connectivity index (χ0) is 17.8. The molecule has 1 atom stereocenters. The summed E-state index contributed by atoms with van der Waals surface area (Å²) in [5.41, 5.74) is 7.69. The predicted octanol–water partition coefficient (Wildman–Crippen LogP) is 1.08. The Morgan fingerprint density at radius 3 is 2.80 bits per heavy atom. The first kappa shape index (κ1) is 17.4. The molecule has 3 rings (SSSR count). The summed E-state index contributed by atoms with van der Waals surface area (Å²) in [5, 5.41) is 6.52. The number of anilines is 1. The lowest BCUT2D eigenvalue weighted by molar-refractivity contribution is -0.121. The molecule has 134 valence electrons. The number of fused-ring (bicyclic) bond motifs is 1. The number of ether oxygens (including phenoxy) is 1. The Labute approximate surface area is 146 Å². The van der Waals surface area contributed by atoms with Crippen LogP contribution in [0.15, 0.2) is 30.5 Å². The number of carbonyl (C=O) groups is 2. The van der Waals surface area contributed by atoms with Gasteiger partial charge in [0, 0.05) is 32.1 Å². The fourth-order valence-electron chi connectivity index (χ4n) is 3.15. The molecule has 4 N–H and O–H groups in total. The fourth-order valence-corrected chi connectivity index (χ4v) is 3.15. The summed E-state index contributed by atoms with van der Waals surface area (Å²) in [6.07, 6.45) is 3.48. The number of aromatic nitrogens is 1. The van der Waals surface area contributed by atoms with Gasteiger partial charge in [0.25, 0.3) is 0 Å². The van der Waals surface area contributed by atoms with E-state index in [1.807, 2.05) is 35.0 Å². The van der Waals surface area contributed by atoms with Crippen LogP contribution in [-0.2, 0) is 20.9 Å². The molecule has 25 heavy (non-hydrogen) atoms. The van der Waals surface area contributed by atoms with Gasteiger partial charge in [-0.25, -0.2) is 0 Å². The normalized spacial score (nSPS) is 16.6. The van der Waals surface area contributed by atoms with Gasteiger partial charge in [0.05, 0.1) is 11.6 Å². The zero-order valence-electron chi connectivity index (χ0n) is 14.3. The molecule has 0 saturated carbocycles. The van der Waals surface area contributed by atoms with E-state index in [4.69, 9.17) is 10.5 Å². The van der Waals surface area contributed by atoms with Crippen molar-refractivity contribution in [2.24, 2.45) is 11.7 Å². The summed E-state index contributed by atoms with van der Waals surface area (Å²) in [6.45, 7) is 1.55. The summed E-state index contributed by atoms with van der Waals surface area (Å²) < 4.78 is 7.17. The van der Waals surface area contributed by atoms with E-state index >= 15 is 0 Å². The van der Waals surface area contributed by atoms with E-state index in [1.54, 1.807) is 7.05 Å². The van der Waals surface area contributed by atoms with Crippen LogP contribution < -0.4 is 16.4 Å². The minimum Gasteiger partial charge on any atom is -0.381 e. The molecule has 1 aliphatic rings. The quantitative estimate of drug-likeness (QED) is 0.756. The molecule has 1 aromatic heterocycles. The first-order chi connectivity index (χ1) is 12.1. The van der Waals surface area contributed by atoms with Crippen LogP contribution in [0, 0.1) is 5.92 Å². The average molecular weight is 344 g/mol. The van der Waals surface area contributed by atoms with Crippen LogP contribution in [0.25, 0.3) is 10.9 Å². The highest BCUT2D eigenvalue weighted by Crippen LogP contribution is 2.22. The second-order valence-corrected chi connectivity index (χ2v) is 6.36. The molecule has 0 aliphatic carbocycles. The lowest BCUT2D eigenvalue weighted by Gasteiger charge is -2.26. The van der Waals surface area contributed by atoms with Crippen molar-refractivity contribution in [1.29, 1.82) is 0 Å². The number of likely N-dealkylation sites (N-methyl/N-ethyl adjacent to an activating group) is 1. The maximum Gasteiger partial charge on any atom is 0.241 e. The molecule has 7 heteroatoms. The smallest absolute Gasteiger partial charge is 0.241 e. The predicted molar refractivity (Wildman–Crippen MR) is 96.2 cm³/mol. The molecule has 2 amide bonds. The second kappa shape index (κ2) is 7.67. The van der Waals surface area contributed by atoms with Gasteiger partial charge < -0.3 is 25.7 Å². The molecule has 0 radical (unpaired) electrons. The SMILES string of the molecule is CNC(=O)Cn1ccc2ccc(NC(=O)C(N)C3CCOCC3)cc21. The van der Waals surface area contributed by atoms with Crippen molar-refractivity contribution in [2.45, 2.75) is 25.4 Å². The molecule has 1 unspecified atom stereocenters. The Hall–Kier alpha value is -2.38. The molecule has 1 aromatic carbocycles. The van der Waals surface area contributed by atoms with Crippen LogP contribution in [-0.4, -0.2) is 42.7 Å². The van der Waals surface area contributed by atoms with Gasteiger partial charge in [0.2, 0.25) is 11.8 Å². The molecule has 2 aromatic rings. The largest absolute Gasteiger partial charge is 0.381 e. The van der Waals surface area contributed by atoms with Crippen molar-refractivity contribution in [1.82, 2.24) is 9.88 Å². The Morgan fingerprint density at radius 2 is 2.08 bits per heavy atom. The molecule has 1 aliphatic heterocycles. The van der Waals surface area contributed by atoms with Crippen molar-refractivity contribution in [3.05, 3.63) is 30.5 Å².